The van der Waals surface area contributed by atoms with E-state index in [1.54, 1.807) is 11.8 Å². The highest BCUT2D eigenvalue weighted by Gasteiger charge is 1.98. The summed E-state index contributed by atoms with van der Waals surface area (Å²) >= 11 is 1.57. The monoisotopic (exact) mass is 170 g/mol. The number of hydrogen-bond donors (Lipinski definition) is 0. The molecule has 0 aliphatic heterocycles. The minimum Gasteiger partial charge on any atom is -0.455 e. The lowest BCUT2D eigenvalue weighted by molar-refractivity contribution is -0.107. The molecule has 0 unspecified atom stereocenters. The molecule has 1 heterocycles. The van der Waals surface area contributed by atoms with Crippen LogP contribution in [0.4, 0.5) is 0 Å². The lowest BCUT2D eigenvalue weighted by Gasteiger charge is -1.89. The third-order valence-corrected chi connectivity index (χ3v) is 1.97. The van der Waals surface area contributed by atoms with Gasteiger partial charge in [0.25, 0.3) is 0 Å². The molecule has 0 saturated heterocycles. The van der Waals surface area contributed by atoms with E-state index in [-0.39, 0.29) is 0 Å². The molecule has 2 nitrogen and oxygen atoms in total. The van der Waals surface area contributed by atoms with E-state index in [1.807, 2.05) is 18.4 Å². The highest BCUT2D eigenvalue weighted by molar-refractivity contribution is 7.98. The Morgan fingerprint density at radius 2 is 2.45 bits per heavy atom. The number of aryl methyl sites for hydroxylation is 1. The quantitative estimate of drug-likeness (QED) is 0.512. The van der Waals surface area contributed by atoms with Crippen LogP contribution in [0.1, 0.15) is 12.2 Å². The number of thioether (sulfide) groups is 1. The van der Waals surface area contributed by atoms with E-state index in [0.717, 1.165) is 17.1 Å². The molecule has 0 amide bonds. The second-order valence-electron chi connectivity index (χ2n) is 2.13. The summed E-state index contributed by atoms with van der Waals surface area (Å²) in [6, 6.07) is 3.83. The number of rotatable bonds is 4. The minimum atomic E-state index is 0.543. The zero-order chi connectivity index (χ0) is 8.10. The van der Waals surface area contributed by atoms with Gasteiger partial charge in [0, 0.05) is 12.8 Å². The smallest absolute Gasteiger partial charge is 0.160 e. The van der Waals surface area contributed by atoms with E-state index in [9.17, 15) is 4.79 Å². The Balaban J connectivity index is 2.50. The van der Waals surface area contributed by atoms with Gasteiger partial charge in [0.15, 0.2) is 5.09 Å². The van der Waals surface area contributed by atoms with Crippen LogP contribution in [0, 0.1) is 0 Å². The Morgan fingerprint density at radius 1 is 1.64 bits per heavy atom. The lowest BCUT2D eigenvalue weighted by atomic mass is 10.3. The van der Waals surface area contributed by atoms with Gasteiger partial charge < -0.3 is 9.21 Å². The molecule has 0 N–H and O–H groups in total. The van der Waals surface area contributed by atoms with Crippen LogP contribution in [0.3, 0.4) is 0 Å². The zero-order valence-electron chi connectivity index (χ0n) is 6.37. The molecule has 1 rings (SSSR count). The SMILES string of the molecule is CSc1ccc(CCC=O)o1. The van der Waals surface area contributed by atoms with E-state index >= 15 is 0 Å². The van der Waals surface area contributed by atoms with Crippen LogP contribution in [0.2, 0.25) is 0 Å². The molecule has 0 aliphatic carbocycles. The van der Waals surface area contributed by atoms with Crippen molar-refractivity contribution in [2.24, 2.45) is 0 Å². The van der Waals surface area contributed by atoms with Gasteiger partial charge in [-0.1, -0.05) is 11.8 Å². The second-order valence-corrected chi connectivity index (χ2v) is 2.94. The van der Waals surface area contributed by atoms with Gasteiger partial charge in [-0.15, -0.1) is 0 Å². The largest absolute Gasteiger partial charge is 0.455 e. The Hall–Kier alpha value is -0.700. The van der Waals surface area contributed by atoms with Crippen molar-refractivity contribution in [3.63, 3.8) is 0 Å². The summed E-state index contributed by atoms with van der Waals surface area (Å²) in [6.45, 7) is 0. The van der Waals surface area contributed by atoms with Gasteiger partial charge in [0.05, 0.1) is 0 Å². The van der Waals surface area contributed by atoms with Crippen molar-refractivity contribution in [2.45, 2.75) is 17.9 Å². The molecule has 0 aromatic carbocycles. The van der Waals surface area contributed by atoms with Crippen molar-refractivity contribution in [1.29, 1.82) is 0 Å². The third kappa shape index (κ3) is 2.42. The van der Waals surface area contributed by atoms with E-state index < -0.39 is 0 Å². The molecule has 0 radical (unpaired) electrons. The summed E-state index contributed by atoms with van der Waals surface area (Å²) in [5.41, 5.74) is 0. The molecular formula is C8H10O2S. The van der Waals surface area contributed by atoms with Gasteiger partial charge in [0.2, 0.25) is 0 Å². The first-order valence-electron chi connectivity index (χ1n) is 3.43. The molecule has 1 aromatic rings. The summed E-state index contributed by atoms with van der Waals surface area (Å²) in [6.07, 6.45) is 4.12. The molecule has 0 bridgehead atoms. The minimum absolute atomic E-state index is 0.543. The van der Waals surface area contributed by atoms with Crippen LogP contribution in [0.5, 0.6) is 0 Å². The summed E-state index contributed by atoms with van der Waals surface area (Å²) in [5, 5.41) is 0.908. The highest BCUT2D eigenvalue weighted by Crippen LogP contribution is 2.18. The molecule has 1 aromatic heterocycles. The van der Waals surface area contributed by atoms with Crippen molar-refractivity contribution in [1.82, 2.24) is 0 Å². The average molecular weight is 170 g/mol. The molecule has 0 spiro atoms. The predicted molar refractivity (Wildman–Crippen MR) is 44.9 cm³/mol. The van der Waals surface area contributed by atoms with Gasteiger partial charge in [0.1, 0.15) is 12.0 Å². The molecule has 3 heteroatoms. The van der Waals surface area contributed by atoms with Crippen LogP contribution in [-0.2, 0) is 11.2 Å². The van der Waals surface area contributed by atoms with E-state index in [2.05, 4.69) is 0 Å². The predicted octanol–water partition coefficient (Wildman–Crippen LogP) is 2.13. The van der Waals surface area contributed by atoms with Gasteiger partial charge >= 0.3 is 0 Å². The Kier molecular flexibility index (Phi) is 3.23. The van der Waals surface area contributed by atoms with Crippen molar-refractivity contribution < 1.29 is 9.21 Å². The number of carbonyl (C=O) groups excluding carboxylic acids is 1. The average Bonchev–Trinajstić information content (AvgIpc) is 2.48. The van der Waals surface area contributed by atoms with E-state index in [0.29, 0.717) is 12.8 Å². The maximum atomic E-state index is 10.0. The fourth-order valence-electron chi connectivity index (χ4n) is 0.803. The maximum absolute atomic E-state index is 10.0. The van der Waals surface area contributed by atoms with Crippen molar-refractivity contribution in [2.75, 3.05) is 6.26 Å². The lowest BCUT2D eigenvalue weighted by Crippen LogP contribution is -1.80. The topological polar surface area (TPSA) is 30.2 Å². The van der Waals surface area contributed by atoms with Crippen molar-refractivity contribution >= 4 is 18.0 Å². The summed E-state index contributed by atoms with van der Waals surface area (Å²) in [5.74, 6) is 0.890. The molecular weight excluding hydrogens is 160 g/mol. The fourth-order valence-corrected chi connectivity index (χ4v) is 1.20. The summed E-state index contributed by atoms with van der Waals surface area (Å²) in [4.78, 5) is 10.0. The Bertz CT molecular complexity index is 230. The number of furan rings is 1. The first kappa shape index (κ1) is 8.40. The number of hydrogen-bond acceptors (Lipinski definition) is 3. The van der Waals surface area contributed by atoms with E-state index in [1.165, 1.54) is 0 Å². The molecule has 0 aliphatic rings. The fraction of sp³-hybridized carbons (Fsp3) is 0.375. The van der Waals surface area contributed by atoms with Crippen LogP contribution in [-0.4, -0.2) is 12.5 Å². The molecule has 0 fully saturated rings. The second kappa shape index (κ2) is 4.23. The molecule has 0 atom stereocenters. The standard InChI is InChI=1S/C8H10O2S/c1-11-8-5-4-7(10-8)3-2-6-9/h4-6H,2-3H2,1H3. The first-order chi connectivity index (χ1) is 5.36. The van der Waals surface area contributed by atoms with Crippen molar-refractivity contribution in [3.8, 4) is 0 Å². The zero-order valence-corrected chi connectivity index (χ0v) is 7.19. The number of carbonyl (C=O) groups is 1. The van der Waals surface area contributed by atoms with Crippen LogP contribution < -0.4 is 0 Å². The van der Waals surface area contributed by atoms with Crippen LogP contribution >= 0.6 is 11.8 Å². The first-order valence-corrected chi connectivity index (χ1v) is 4.65. The van der Waals surface area contributed by atoms with Crippen molar-refractivity contribution in [3.05, 3.63) is 17.9 Å². The van der Waals surface area contributed by atoms with Crippen LogP contribution in [0.25, 0.3) is 0 Å². The van der Waals surface area contributed by atoms with Crippen LogP contribution in [0.15, 0.2) is 21.6 Å². The third-order valence-electron chi connectivity index (χ3n) is 1.35. The molecule has 11 heavy (non-hydrogen) atoms. The van der Waals surface area contributed by atoms with E-state index in [4.69, 9.17) is 4.42 Å². The van der Waals surface area contributed by atoms with Gasteiger partial charge in [-0.2, -0.15) is 0 Å². The molecule has 60 valence electrons. The summed E-state index contributed by atoms with van der Waals surface area (Å²) in [7, 11) is 0. The van der Waals surface area contributed by atoms with Gasteiger partial charge in [-0.25, -0.2) is 0 Å². The summed E-state index contributed by atoms with van der Waals surface area (Å²) < 4.78 is 5.34. The molecule has 0 saturated carbocycles. The highest BCUT2D eigenvalue weighted by atomic mass is 32.2. The Labute approximate surface area is 70.0 Å². The van der Waals surface area contributed by atoms with Gasteiger partial charge in [-0.3, -0.25) is 0 Å². The Morgan fingerprint density at radius 3 is 3.00 bits per heavy atom. The maximum Gasteiger partial charge on any atom is 0.160 e. The van der Waals surface area contributed by atoms with Gasteiger partial charge in [-0.05, 0) is 18.4 Å². The number of aldehydes is 1. The normalized spacial score (nSPS) is 9.91.